The van der Waals surface area contributed by atoms with Gasteiger partial charge in [0.05, 0.1) is 28.4 Å². The van der Waals surface area contributed by atoms with Crippen LogP contribution in [0, 0.1) is 80.8 Å². The molecule has 0 spiro atoms. The van der Waals surface area contributed by atoms with Gasteiger partial charge in [-0.25, -0.2) is 0 Å². The fraction of sp³-hybridized carbons (Fsp3) is 0.0714. The third-order valence-corrected chi connectivity index (χ3v) is 14.5. The number of hydrogen-bond acceptors (Lipinski definition) is 6. The van der Waals surface area contributed by atoms with Crippen LogP contribution in [0.4, 0.5) is 0 Å². The van der Waals surface area contributed by atoms with Gasteiger partial charge in [-0.05, 0) is 111 Å². The molecular formula is C56H40O4S2. The van der Waals surface area contributed by atoms with Crippen molar-refractivity contribution in [2.75, 3.05) is 28.4 Å². The number of methoxy groups -OCH3 is 4. The molecule has 14 aliphatic rings. The van der Waals surface area contributed by atoms with Crippen molar-refractivity contribution in [2.45, 2.75) is 0 Å². The number of benzene rings is 8. The van der Waals surface area contributed by atoms with Crippen molar-refractivity contribution >= 4 is 44.2 Å². The van der Waals surface area contributed by atoms with Gasteiger partial charge in [0.2, 0.25) is 0 Å². The highest BCUT2D eigenvalue weighted by atomic mass is 32.1. The van der Waals surface area contributed by atoms with Crippen LogP contribution in [0.1, 0.15) is 0 Å². The van der Waals surface area contributed by atoms with Crippen LogP contribution in [0.3, 0.4) is 0 Å². The van der Waals surface area contributed by atoms with E-state index in [1.54, 1.807) is 51.1 Å². The van der Waals surface area contributed by atoms with Gasteiger partial charge in [-0.3, -0.25) is 0 Å². The minimum absolute atomic E-state index is 0.807. The number of rotatable bonds is 4. The monoisotopic (exact) mass is 840 g/mol. The first kappa shape index (κ1) is 37.8. The van der Waals surface area contributed by atoms with Crippen LogP contribution in [0.15, 0.2) is 170 Å². The molecule has 2 aromatic heterocycles. The highest BCUT2D eigenvalue weighted by Gasteiger charge is 2.13. The van der Waals surface area contributed by atoms with Crippen LogP contribution >= 0.6 is 22.7 Å². The molecule has 6 heteroatoms. The van der Waals surface area contributed by atoms with Gasteiger partial charge in [-0.2, -0.15) is 0 Å². The first-order valence-electron chi connectivity index (χ1n) is 20.5. The van der Waals surface area contributed by atoms with Gasteiger partial charge >= 0.3 is 0 Å². The van der Waals surface area contributed by atoms with Crippen LogP contribution in [0.2, 0.25) is 0 Å². The SMILES string of the molecule is COc1ccc(OC)c2c3ccc(c12)=c1ccc(cc1)=c1ccc(s1)=c1ccc(cc1)=c1ccc(c2c(OC)ccc(OC)c12)=c1ccc(cc1)=c1ccc(s1)=c1ccc=3cc1. The molecule has 300 valence electrons. The summed E-state index contributed by atoms with van der Waals surface area (Å²) in [6.45, 7) is 0. The van der Waals surface area contributed by atoms with Crippen LogP contribution in [-0.2, 0) is 0 Å². The second-order valence-corrected chi connectivity index (χ2v) is 17.6. The van der Waals surface area contributed by atoms with Gasteiger partial charge in [-0.15, -0.1) is 22.7 Å². The van der Waals surface area contributed by atoms with Gasteiger partial charge in [0.15, 0.2) is 0 Å². The first-order chi connectivity index (χ1) is 30.5. The van der Waals surface area contributed by atoms with E-state index >= 15 is 0 Å². The summed E-state index contributed by atoms with van der Waals surface area (Å²) in [5.74, 6) is 3.23. The van der Waals surface area contributed by atoms with E-state index in [9.17, 15) is 0 Å². The number of thiophene rings is 2. The highest BCUT2D eigenvalue weighted by molar-refractivity contribution is 7.08. The van der Waals surface area contributed by atoms with E-state index in [4.69, 9.17) is 18.9 Å². The summed E-state index contributed by atoms with van der Waals surface area (Å²) < 4.78 is 29.0. The summed E-state index contributed by atoms with van der Waals surface area (Å²) in [4.78, 5) is 0. The smallest absolute Gasteiger partial charge is 0.127 e. The van der Waals surface area contributed by atoms with Gasteiger partial charge in [0.1, 0.15) is 23.0 Å². The molecule has 0 atom stereocenters. The van der Waals surface area contributed by atoms with Crippen molar-refractivity contribution in [2.24, 2.45) is 0 Å². The minimum Gasteiger partial charge on any atom is -0.496 e. The predicted octanol–water partition coefficient (Wildman–Crippen LogP) is 12.8. The Labute approximate surface area is 363 Å². The quantitative estimate of drug-likeness (QED) is 0.177. The lowest BCUT2D eigenvalue weighted by molar-refractivity contribution is 0.410. The third-order valence-electron chi connectivity index (χ3n) is 12.2. The predicted molar refractivity (Wildman–Crippen MR) is 250 cm³/mol. The maximum atomic E-state index is 6.04. The van der Waals surface area contributed by atoms with Gasteiger partial charge in [0, 0.05) is 39.7 Å². The van der Waals surface area contributed by atoms with Crippen molar-refractivity contribution in [1.82, 2.24) is 0 Å². The van der Waals surface area contributed by atoms with Gasteiger partial charge in [0.25, 0.3) is 0 Å². The zero-order chi connectivity index (χ0) is 41.9. The van der Waals surface area contributed by atoms with Crippen molar-refractivity contribution < 1.29 is 18.9 Å². The van der Waals surface area contributed by atoms with Gasteiger partial charge in [-0.1, -0.05) is 121 Å². The molecule has 0 fully saturated rings. The molecule has 0 unspecified atom stereocenters. The molecule has 24 rings (SSSR count). The van der Waals surface area contributed by atoms with Gasteiger partial charge < -0.3 is 18.9 Å². The Balaban J connectivity index is 1.30. The Morgan fingerprint density at radius 2 is 0.419 bits per heavy atom. The van der Waals surface area contributed by atoms with E-state index in [2.05, 4.69) is 146 Å². The maximum absolute atomic E-state index is 6.04. The van der Waals surface area contributed by atoms with Crippen LogP contribution in [-0.4, -0.2) is 28.4 Å². The topological polar surface area (TPSA) is 36.9 Å². The Hall–Kier alpha value is -7.12. The molecule has 62 heavy (non-hydrogen) atoms. The fourth-order valence-electron chi connectivity index (χ4n) is 9.06. The Morgan fingerprint density at radius 1 is 0.226 bits per heavy atom. The normalized spacial score (nSPS) is 11.5. The maximum Gasteiger partial charge on any atom is 0.127 e. The van der Waals surface area contributed by atoms with Crippen LogP contribution in [0.25, 0.3) is 21.5 Å². The van der Waals surface area contributed by atoms with Crippen LogP contribution < -0.4 is 18.9 Å². The second-order valence-electron chi connectivity index (χ2n) is 15.4. The number of hydrogen-bond donors (Lipinski definition) is 0. The Bertz CT molecular complexity index is 3660. The van der Waals surface area contributed by atoms with Crippen molar-refractivity contribution in [1.29, 1.82) is 0 Å². The van der Waals surface area contributed by atoms with E-state index in [1.807, 2.05) is 24.3 Å². The molecule has 16 bridgehead atoms. The van der Waals surface area contributed by atoms with Crippen LogP contribution in [0.5, 0.6) is 23.0 Å². The number of fused-ring (bicyclic) bond motifs is 1. The molecule has 0 N–H and O–H groups in total. The zero-order valence-electron chi connectivity index (χ0n) is 34.6. The lowest BCUT2D eigenvalue weighted by Crippen LogP contribution is -1.93. The van der Waals surface area contributed by atoms with Crippen molar-refractivity contribution in [3.63, 3.8) is 0 Å². The molecule has 0 saturated carbocycles. The highest BCUT2D eigenvalue weighted by Crippen LogP contribution is 2.37. The molecule has 16 heterocycles. The molecular weight excluding hydrogens is 801 g/mol. The molecule has 0 aliphatic carbocycles. The summed E-state index contributed by atoms with van der Waals surface area (Å²) in [6.07, 6.45) is 0. The van der Waals surface area contributed by atoms with Crippen molar-refractivity contribution in [3.8, 4) is 23.0 Å². The molecule has 0 radical (unpaired) electrons. The average Bonchev–Trinajstić information content (AvgIpc) is 4.05. The average molecular weight is 841 g/mol. The lowest BCUT2D eigenvalue weighted by atomic mass is 10.0. The zero-order valence-corrected chi connectivity index (χ0v) is 36.2. The molecule has 10 aromatic rings. The summed E-state index contributed by atoms with van der Waals surface area (Å²) in [7, 11) is 6.95. The molecule has 0 saturated heterocycles. The number of ether oxygens (including phenoxy) is 4. The minimum atomic E-state index is 0.807. The summed E-state index contributed by atoms with van der Waals surface area (Å²) in [5, 5.41) is 17.6. The molecule has 8 aromatic carbocycles. The third kappa shape index (κ3) is 6.25. The first-order valence-corrected chi connectivity index (χ1v) is 22.1. The van der Waals surface area contributed by atoms with E-state index in [0.717, 1.165) is 86.3 Å². The van der Waals surface area contributed by atoms with Crippen molar-refractivity contribution in [3.05, 3.63) is 251 Å². The summed E-state index contributed by atoms with van der Waals surface area (Å²) >= 11 is 3.60. The molecule has 14 aliphatic heterocycles. The largest absolute Gasteiger partial charge is 0.496 e. The second kappa shape index (κ2) is 15.4. The summed E-state index contributed by atoms with van der Waals surface area (Å²) in [6, 6.07) is 61.3. The lowest BCUT2D eigenvalue weighted by Gasteiger charge is -2.12. The van der Waals surface area contributed by atoms with E-state index in [1.165, 1.54) is 39.0 Å². The fourth-order valence-corrected chi connectivity index (χ4v) is 11.1. The van der Waals surface area contributed by atoms with E-state index < -0.39 is 0 Å². The summed E-state index contributed by atoms with van der Waals surface area (Å²) in [5.41, 5.74) is 0. The van der Waals surface area contributed by atoms with E-state index in [-0.39, 0.29) is 0 Å². The standard InChI is InChI=1S/C56H40O4S2/c1-57-45-25-26-46(58-2)54-42-22-21-41(53(45)54)33-5-13-37(14-6-33)49-29-30-51(61-49)39-17-9-35(10-18-39)43-23-24-44(56-48(60-4)28-27-47(59-3)55(43)56)36-11-19-40(20-12-36)52-32-31-50(62-52)38-15-7-34(42)8-16-38/h5-32H,1-4H3. The Morgan fingerprint density at radius 3 is 0.613 bits per heavy atom. The Kier molecular flexibility index (Phi) is 9.41. The molecule has 0 amide bonds. The van der Waals surface area contributed by atoms with E-state index in [0.29, 0.717) is 0 Å². The molecule has 4 nitrogen and oxygen atoms in total.